The number of aliphatic hydroxyl groups is 2. The maximum atomic E-state index is 14.8. The molecule has 0 saturated carbocycles. The topological polar surface area (TPSA) is 124 Å². The number of carbonyl (C=O) groups is 1. The Morgan fingerprint density at radius 1 is 0.447 bits per heavy atom. The van der Waals surface area contributed by atoms with Crippen molar-refractivity contribution in [2.45, 2.75) is 185 Å². The molecule has 0 spiro atoms. The highest BCUT2D eigenvalue weighted by atomic mass is 19.3. The number of halogens is 14. The SMILES string of the molecule is C.C.C.C.CCCCCC(CO)CO.CCCCCC1COC(CCc2cc(F)c(C(F)(F)Oc3ccc(-c4cc(F)c(F)c(F)c4)cc3)c(F)c2)OC1.CCCCCC1COC(CCc2cc(F)cc(F)c2)OC1.O=CCCc1cc(F)cc(F)c1.Oc1ccc(-c2cc(F)c(F)c(F)c2)cc1. The Morgan fingerprint density at radius 3 is 1.16 bits per heavy atom. The van der Waals surface area contributed by atoms with Crippen LogP contribution in [-0.2, 0) is 49.1 Å². The van der Waals surface area contributed by atoms with E-state index in [1.807, 2.05) is 0 Å². The molecular formula is C80H102F14O9. The number of hydrogen-bond donors (Lipinski definition) is 3. The number of aldehydes is 1. The number of rotatable bonds is 28. The van der Waals surface area contributed by atoms with E-state index in [1.54, 1.807) is 0 Å². The number of hydrogen-bond acceptors (Lipinski definition) is 9. The van der Waals surface area contributed by atoms with Crippen molar-refractivity contribution in [2.24, 2.45) is 17.8 Å². The molecule has 0 radical (unpaired) electrons. The molecule has 23 heteroatoms. The van der Waals surface area contributed by atoms with Crippen LogP contribution in [0.25, 0.3) is 22.3 Å². The van der Waals surface area contributed by atoms with Crippen LogP contribution in [0.5, 0.6) is 11.5 Å². The van der Waals surface area contributed by atoms with Gasteiger partial charge in [0.15, 0.2) is 47.5 Å². The van der Waals surface area contributed by atoms with Crippen molar-refractivity contribution in [2.75, 3.05) is 39.6 Å². The second kappa shape index (κ2) is 49.3. The number of phenols is 1. The van der Waals surface area contributed by atoms with Crippen molar-refractivity contribution in [3.05, 3.63) is 213 Å². The second-order valence-corrected chi connectivity index (χ2v) is 24.1. The molecule has 0 aliphatic carbocycles. The molecule has 0 amide bonds. The standard InChI is InChI=1S/C30H29F7O3.C17H24F2O2.C12H7F3O.C9H8F2O.C8H18O2.4CH4/c1-2-3-4-5-19-16-38-27(39-17-19)11-6-18-12-23(31)28(24(32)13-18)30(36,37)40-22-9-7-20(8-10-22)21-14-25(33)29(35)26(34)15-21;1-2-3-4-5-14-11-20-17(21-12-14)7-6-13-8-15(18)10-16(19)9-13;13-10-5-8(6-11(14)12(10)15)7-1-3-9(16)4-2-7;10-8-4-7(2-1-3-12)5-9(11)6-8;1-2-3-4-5-8(6-9)7-10;;;;/h7-10,12-15,19,27H,2-6,11,16-17H2,1H3;8-10,14,17H,2-7,11-12H2,1H3;1-6,16H;3-6H,1-2H2;8-10H,2-7H2,1H3;4*1H4. The molecule has 2 fully saturated rings. The number of benzene rings is 7. The lowest BCUT2D eigenvalue weighted by Gasteiger charge is -2.29. The minimum atomic E-state index is -4.37. The van der Waals surface area contributed by atoms with E-state index in [4.69, 9.17) is 34.3 Å². The first-order valence-electron chi connectivity index (χ1n) is 33.1. The first kappa shape index (κ1) is 93.6. The molecule has 3 N–H and O–H groups in total. The Kier molecular flexibility index (Phi) is 44.8. The zero-order valence-corrected chi connectivity index (χ0v) is 55.6. The molecule has 2 heterocycles. The summed E-state index contributed by atoms with van der Waals surface area (Å²) in [5.41, 5.74) is 0.612. The Balaban J connectivity index is 0.000000708. The highest BCUT2D eigenvalue weighted by molar-refractivity contribution is 5.65. The van der Waals surface area contributed by atoms with Crippen molar-refractivity contribution in [1.29, 1.82) is 0 Å². The summed E-state index contributed by atoms with van der Waals surface area (Å²) in [6.45, 7) is 9.25. The van der Waals surface area contributed by atoms with Gasteiger partial charge in [0.05, 0.1) is 26.4 Å². The molecule has 0 atom stereocenters. The van der Waals surface area contributed by atoms with Crippen LogP contribution in [-0.4, -0.2) is 73.8 Å². The van der Waals surface area contributed by atoms with E-state index in [2.05, 4.69) is 25.5 Å². The maximum Gasteiger partial charge on any atom is 0.432 e. The molecule has 7 aromatic carbocycles. The Bertz CT molecular complexity index is 3400. The number of aliphatic hydroxyl groups excluding tert-OH is 2. The van der Waals surface area contributed by atoms with Crippen LogP contribution in [0.3, 0.4) is 0 Å². The van der Waals surface area contributed by atoms with Crippen LogP contribution in [0, 0.1) is 87.6 Å². The molecule has 2 saturated heterocycles. The first-order valence-corrected chi connectivity index (χ1v) is 33.1. The summed E-state index contributed by atoms with van der Waals surface area (Å²) in [4.78, 5) is 9.96. The monoisotopic (exact) mass is 1470 g/mol. The van der Waals surface area contributed by atoms with Gasteiger partial charge in [0.2, 0.25) is 0 Å². The molecule has 7 aromatic rings. The fourth-order valence-electron chi connectivity index (χ4n) is 10.5. The predicted octanol–water partition coefficient (Wildman–Crippen LogP) is 22.4. The molecule has 574 valence electrons. The molecule has 2 aliphatic rings. The van der Waals surface area contributed by atoms with E-state index < -0.39 is 93.5 Å². The summed E-state index contributed by atoms with van der Waals surface area (Å²) < 4.78 is 216. The lowest BCUT2D eigenvalue weighted by molar-refractivity contribution is -0.203. The van der Waals surface area contributed by atoms with Crippen LogP contribution in [0.1, 0.15) is 169 Å². The maximum absolute atomic E-state index is 14.8. The van der Waals surface area contributed by atoms with Gasteiger partial charge in [-0.1, -0.05) is 133 Å². The van der Waals surface area contributed by atoms with Crippen LogP contribution in [0.15, 0.2) is 121 Å². The Morgan fingerprint density at radius 2 is 0.796 bits per heavy atom. The highest BCUT2D eigenvalue weighted by Gasteiger charge is 2.41. The van der Waals surface area contributed by atoms with Crippen LogP contribution in [0.4, 0.5) is 61.5 Å². The summed E-state index contributed by atoms with van der Waals surface area (Å²) in [6.07, 6.45) is 11.6. The fraction of sp³-hybridized carbons (Fsp3) is 0.463. The lowest BCUT2D eigenvalue weighted by Crippen LogP contribution is -2.32. The number of carbonyl (C=O) groups excluding carboxylic acids is 1. The largest absolute Gasteiger partial charge is 0.508 e. The number of aromatic hydroxyl groups is 1. The van der Waals surface area contributed by atoms with Crippen LogP contribution in [0.2, 0.25) is 0 Å². The van der Waals surface area contributed by atoms with Crippen molar-refractivity contribution in [1.82, 2.24) is 0 Å². The molecule has 2 aliphatic heterocycles. The van der Waals surface area contributed by atoms with Gasteiger partial charge in [-0.15, -0.1) is 0 Å². The summed E-state index contributed by atoms with van der Waals surface area (Å²) in [5.74, 6) is -13.1. The van der Waals surface area contributed by atoms with Gasteiger partial charge >= 0.3 is 6.11 Å². The molecule has 103 heavy (non-hydrogen) atoms. The van der Waals surface area contributed by atoms with Crippen LogP contribution < -0.4 is 4.74 Å². The van der Waals surface area contributed by atoms with E-state index in [1.165, 1.54) is 92.8 Å². The summed E-state index contributed by atoms with van der Waals surface area (Å²) in [5, 5.41) is 26.4. The molecule has 0 unspecified atom stereocenters. The minimum absolute atomic E-state index is 0. The number of aryl methyl sites for hydroxylation is 3. The predicted molar refractivity (Wildman–Crippen MR) is 375 cm³/mol. The van der Waals surface area contributed by atoms with Crippen molar-refractivity contribution in [3.63, 3.8) is 0 Å². The lowest BCUT2D eigenvalue weighted by atomic mass is 10.0. The molecule has 0 bridgehead atoms. The molecular weight excluding hydrogens is 1370 g/mol. The quantitative estimate of drug-likeness (QED) is 0.0190. The van der Waals surface area contributed by atoms with Gasteiger partial charge in [-0.05, 0) is 162 Å². The molecule has 9 rings (SSSR count). The zero-order valence-electron chi connectivity index (χ0n) is 55.6. The van der Waals surface area contributed by atoms with Crippen molar-refractivity contribution in [3.8, 4) is 33.8 Å². The first-order chi connectivity index (χ1) is 47.4. The molecule has 0 aromatic heterocycles. The fourth-order valence-corrected chi connectivity index (χ4v) is 10.5. The number of ether oxygens (including phenoxy) is 5. The zero-order chi connectivity index (χ0) is 72.4. The van der Waals surface area contributed by atoms with E-state index in [-0.39, 0.29) is 89.6 Å². The summed E-state index contributed by atoms with van der Waals surface area (Å²) >= 11 is 0. The minimum Gasteiger partial charge on any atom is -0.508 e. The Labute approximate surface area is 598 Å². The highest BCUT2D eigenvalue weighted by Crippen LogP contribution is 2.37. The van der Waals surface area contributed by atoms with E-state index in [0.29, 0.717) is 73.8 Å². The van der Waals surface area contributed by atoms with Gasteiger partial charge in [0.25, 0.3) is 0 Å². The third-order valence-corrected chi connectivity index (χ3v) is 16.0. The number of alkyl halides is 2. The number of unbranched alkanes of at least 4 members (excludes halogenated alkanes) is 6. The average Bonchev–Trinajstić information content (AvgIpc) is 0.778. The summed E-state index contributed by atoms with van der Waals surface area (Å²) in [6, 6.07) is 22.0. The molecule has 9 nitrogen and oxygen atoms in total. The van der Waals surface area contributed by atoms with E-state index >= 15 is 0 Å². The smallest absolute Gasteiger partial charge is 0.432 e. The van der Waals surface area contributed by atoms with Gasteiger partial charge in [-0.25, -0.2) is 52.7 Å². The number of phenolic OH excluding ortho intramolecular Hbond substituents is 1. The third kappa shape index (κ3) is 33.1. The normalized spacial score (nSPS) is 15.3. The summed E-state index contributed by atoms with van der Waals surface area (Å²) in [7, 11) is 0. The van der Waals surface area contributed by atoms with Gasteiger partial charge in [-0.3, -0.25) is 0 Å². The Hall–Kier alpha value is -7.41. The van der Waals surface area contributed by atoms with Gasteiger partial charge in [-0.2, -0.15) is 8.78 Å². The third-order valence-electron chi connectivity index (χ3n) is 16.0. The second-order valence-electron chi connectivity index (χ2n) is 24.1. The van der Waals surface area contributed by atoms with Crippen molar-refractivity contribution >= 4 is 6.29 Å². The van der Waals surface area contributed by atoms with Gasteiger partial charge in [0.1, 0.15) is 58.3 Å². The van der Waals surface area contributed by atoms with Crippen molar-refractivity contribution < 1.29 is 105 Å². The average molecular weight is 1470 g/mol. The van der Waals surface area contributed by atoms with Gasteiger partial charge in [0, 0.05) is 62.4 Å². The van der Waals surface area contributed by atoms with Crippen LogP contribution >= 0.6 is 0 Å². The van der Waals surface area contributed by atoms with Gasteiger partial charge < -0.3 is 43.8 Å². The van der Waals surface area contributed by atoms with E-state index in [0.717, 1.165) is 125 Å². The van der Waals surface area contributed by atoms with E-state index in [9.17, 15) is 66.3 Å².